The van der Waals surface area contributed by atoms with Crippen LogP contribution in [0.15, 0.2) is 12.1 Å². The van der Waals surface area contributed by atoms with E-state index >= 15 is 0 Å². The summed E-state index contributed by atoms with van der Waals surface area (Å²) in [5, 5.41) is 6.55. The molecule has 0 bridgehead atoms. The van der Waals surface area contributed by atoms with E-state index in [1.54, 1.807) is 0 Å². The number of hydrogen-bond donors (Lipinski definition) is 2. The lowest BCUT2D eigenvalue weighted by molar-refractivity contribution is 0.670. The Labute approximate surface area is 97.7 Å². The second kappa shape index (κ2) is 5.85. The number of nitrogens with zero attached hydrogens (tertiary/aromatic N) is 1. The minimum atomic E-state index is 1.07. The molecule has 0 aromatic carbocycles. The molecule has 0 spiro atoms. The molecule has 3 heteroatoms. The smallest absolute Gasteiger partial charge is 0.129 e. The Morgan fingerprint density at radius 1 is 1.38 bits per heavy atom. The van der Waals surface area contributed by atoms with E-state index in [2.05, 4.69) is 27.8 Å². The normalized spacial score (nSPS) is 14.3. The number of rotatable bonds is 5. The largest absolute Gasteiger partial charge is 0.370 e. The van der Waals surface area contributed by atoms with Crippen molar-refractivity contribution in [2.75, 3.05) is 25.5 Å². The summed E-state index contributed by atoms with van der Waals surface area (Å²) < 4.78 is 0. The highest BCUT2D eigenvalue weighted by molar-refractivity contribution is 5.46. The molecule has 0 radical (unpaired) electrons. The van der Waals surface area contributed by atoms with Crippen LogP contribution < -0.4 is 10.6 Å². The summed E-state index contributed by atoms with van der Waals surface area (Å²) in [5.74, 6) is 1.12. The summed E-state index contributed by atoms with van der Waals surface area (Å²) >= 11 is 0. The van der Waals surface area contributed by atoms with Gasteiger partial charge in [-0.1, -0.05) is 6.07 Å². The monoisotopic (exact) mass is 219 g/mol. The van der Waals surface area contributed by atoms with Crippen LogP contribution in [0.2, 0.25) is 0 Å². The van der Waals surface area contributed by atoms with Crippen molar-refractivity contribution in [2.45, 2.75) is 32.1 Å². The molecule has 88 valence electrons. The van der Waals surface area contributed by atoms with E-state index in [0.717, 1.165) is 25.3 Å². The van der Waals surface area contributed by atoms with Crippen LogP contribution in [0.1, 0.15) is 30.5 Å². The van der Waals surface area contributed by atoms with Crippen molar-refractivity contribution < 1.29 is 0 Å². The fourth-order valence-electron chi connectivity index (χ4n) is 2.12. The quantitative estimate of drug-likeness (QED) is 0.744. The maximum absolute atomic E-state index is 4.68. The van der Waals surface area contributed by atoms with Crippen LogP contribution in [0.3, 0.4) is 0 Å². The first-order chi connectivity index (χ1) is 7.90. The van der Waals surface area contributed by atoms with Crippen LogP contribution in [0.25, 0.3) is 0 Å². The number of hydrogen-bond acceptors (Lipinski definition) is 3. The van der Waals surface area contributed by atoms with Gasteiger partial charge in [-0.3, -0.25) is 0 Å². The summed E-state index contributed by atoms with van der Waals surface area (Å²) in [7, 11) is 2.00. The third-order valence-corrected chi connectivity index (χ3v) is 3.06. The van der Waals surface area contributed by atoms with Gasteiger partial charge in [-0.15, -0.1) is 0 Å². The van der Waals surface area contributed by atoms with Gasteiger partial charge >= 0.3 is 0 Å². The van der Waals surface area contributed by atoms with Crippen molar-refractivity contribution in [3.8, 4) is 0 Å². The Kier molecular flexibility index (Phi) is 4.17. The van der Waals surface area contributed by atoms with Crippen LogP contribution >= 0.6 is 0 Å². The van der Waals surface area contributed by atoms with Crippen molar-refractivity contribution >= 4 is 5.82 Å². The number of nitrogens with one attached hydrogen (secondary N) is 2. The van der Waals surface area contributed by atoms with Crippen molar-refractivity contribution in [3.05, 3.63) is 23.4 Å². The zero-order chi connectivity index (χ0) is 11.2. The molecule has 0 fully saturated rings. The van der Waals surface area contributed by atoms with Gasteiger partial charge in [-0.2, -0.15) is 0 Å². The molecule has 3 nitrogen and oxygen atoms in total. The number of fused-ring (bicyclic) bond motifs is 1. The molecular weight excluding hydrogens is 198 g/mol. The Morgan fingerprint density at radius 2 is 2.31 bits per heavy atom. The second-order valence-electron chi connectivity index (χ2n) is 4.40. The van der Waals surface area contributed by atoms with E-state index in [1.165, 1.54) is 36.9 Å². The number of pyridine rings is 1. The summed E-state index contributed by atoms with van der Waals surface area (Å²) in [4.78, 5) is 4.68. The first-order valence-corrected chi connectivity index (χ1v) is 6.27. The number of anilines is 1. The molecule has 1 aromatic heterocycles. The van der Waals surface area contributed by atoms with Crippen LogP contribution in [-0.4, -0.2) is 25.1 Å². The molecule has 1 aromatic rings. The second-order valence-corrected chi connectivity index (χ2v) is 4.40. The zero-order valence-electron chi connectivity index (χ0n) is 10.1. The van der Waals surface area contributed by atoms with Gasteiger partial charge in [-0.05, 0) is 57.3 Å². The minimum Gasteiger partial charge on any atom is -0.370 e. The van der Waals surface area contributed by atoms with E-state index < -0.39 is 0 Å². The van der Waals surface area contributed by atoms with Gasteiger partial charge in [0.05, 0.1) is 0 Å². The Morgan fingerprint density at radius 3 is 3.19 bits per heavy atom. The van der Waals surface area contributed by atoms with Crippen molar-refractivity contribution in [2.24, 2.45) is 0 Å². The molecule has 1 aliphatic rings. The number of unbranched alkanes of at least 4 members (excludes halogenated alkanes) is 1. The summed E-state index contributed by atoms with van der Waals surface area (Å²) in [6.45, 7) is 2.17. The van der Waals surface area contributed by atoms with Gasteiger partial charge in [0.15, 0.2) is 0 Å². The third kappa shape index (κ3) is 2.95. The summed E-state index contributed by atoms with van der Waals surface area (Å²) in [6.07, 6.45) is 5.94. The Bertz CT molecular complexity index is 336. The molecule has 1 aliphatic heterocycles. The van der Waals surface area contributed by atoms with Crippen LogP contribution in [0, 0.1) is 0 Å². The lowest BCUT2D eigenvalue weighted by Gasteiger charge is -2.17. The highest BCUT2D eigenvalue weighted by Gasteiger charge is 2.09. The molecule has 2 rings (SSSR count). The molecular formula is C13H21N3. The number of aryl methyl sites for hydroxylation is 2. The first-order valence-electron chi connectivity index (χ1n) is 6.27. The molecule has 2 heterocycles. The van der Waals surface area contributed by atoms with Gasteiger partial charge in [0.25, 0.3) is 0 Å². The minimum absolute atomic E-state index is 1.07. The van der Waals surface area contributed by atoms with E-state index in [-0.39, 0.29) is 0 Å². The Balaban J connectivity index is 1.90. The highest BCUT2D eigenvalue weighted by atomic mass is 15.0. The van der Waals surface area contributed by atoms with Gasteiger partial charge in [0, 0.05) is 12.2 Å². The van der Waals surface area contributed by atoms with E-state index in [4.69, 9.17) is 0 Å². The maximum atomic E-state index is 4.68. The maximum Gasteiger partial charge on any atom is 0.129 e. The molecule has 2 N–H and O–H groups in total. The van der Waals surface area contributed by atoms with Crippen molar-refractivity contribution in [1.29, 1.82) is 0 Å². The molecule has 0 unspecified atom stereocenters. The SMILES string of the molecule is CNCCCCc1ccc2c(n1)NCCC2. The average molecular weight is 219 g/mol. The average Bonchev–Trinajstić information content (AvgIpc) is 2.34. The molecule has 0 amide bonds. The topological polar surface area (TPSA) is 37.0 Å². The van der Waals surface area contributed by atoms with Gasteiger partial charge in [0.2, 0.25) is 0 Å². The molecule has 0 saturated carbocycles. The number of aromatic nitrogens is 1. The zero-order valence-corrected chi connectivity index (χ0v) is 10.1. The van der Waals surface area contributed by atoms with Crippen LogP contribution in [0.5, 0.6) is 0 Å². The molecule has 0 aliphatic carbocycles. The van der Waals surface area contributed by atoms with Gasteiger partial charge < -0.3 is 10.6 Å². The molecule has 16 heavy (non-hydrogen) atoms. The fraction of sp³-hybridized carbons (Fsp3) is 0.615. The van der Waals surface area contributed by atoms with Gasteiger partial charge in [0.1, 0.15) is 5.82 Å². The first kappa shape index (κ1) is 11.4. The predicted octanol–water partition coefficient (Wildman–Crippen LogP) is 1.98. The van der Waals surface area contributed by atoms with E-state index in [1.807, 2.05) is 7.05 Å². The standard InChI is InChI=1S/C13H21N3/c1-14-9-3-2-6-12-8-7-11-5-4-10-15-13(11)16-12/h7-8,14H,2-6,9-10H2,1H3,(H,15,16). The van der Waals surface area contributed by atoms with Crippen LogP contribution in [-0.2, 0) is 12.8 Å². The van der Waals surface area contributed by atoms with Crippen molar-refractivity contribution in [3.63, 3.8) is 0 Å². The van der Waals surface area contributed by atoms with E-state index in [9.17, 15) is 0 Å². The molecule has 0 saturated heterocycles. The van der Waals surface area contributed by atoms with Gasteiger partial charge in [-0.25, -0.2) is 4.98 Å². The fourth-order valence-corrected chi connectivity index (χ4v) is 2.12. The summed E-state index contributed by atoms with van der Waals surface area (Å²) in [6, 6.07) is 4.42. The third-order valence-electron chi connectivity index (χ3n) is 3.06. The highest BCUT2D eigenvalue weighted by Crippen LogP contribution is 2.20. The lowest BCUT2D eigenvalue weighted by Crippen LogP contribution is -2.14. The lowest BCUT2D eigenvalue weighted by atomic mass is 10.1. The predicted molar refractivity (Wildman–Crippen MR) is 67.9 cm³/mol. The summed E-state index contributed by atoms with van der Waals surface area (Å²) in [5.41, 5.74) is 2.61. The van der Waals surface area contributed by atoms with E-state index in [0.29, 0.717) is 0 Å². The van der Waals surface area contributed by atoms with Crippen molar-refractivity contribution in [1.82, 2.24) is 10.3 Å². The van der Waals surface area contributed by atoms with Crippen LogP contribution in [0.4, 0.5) is 5.82 Å². The molecule has 0 atom stereocenters. The Hall–Kier alpha value is -1.09.